The average molecular weight is 254 g/mol. The van der Waals surface area contributed by atoms with E-state index in [0.717, 1.165) is 24.7 Å². The SMILES string of the molecule is CCCNC1CCN(C2CC(OCC)C2)C(C)C1. The summed E-state index contributed by atoms with van der Waals surface area (Å²) in [6, 6.07) is 2.28. The Labute approximate surface area is 112 Å². The highest BCUT2D eigenvalue weighted by Crippen LogP contribution is 2.32. The molecule has 1 aliphatic heterocycles. The van der Waals surface area contributed by atoms with Gasteiger partial charge in [0.05, 0.1) is 6.10 Å². The van der Waals surface area contributed by atoms with Crippen LogP contribution in [0.1, 0.15) is 52.9 Å². The van der Waals surface area contributed by atoms with Gasteiger partial charge in [0.2, 0.25) is 0 Å². The summed E-state index contributed by atoms with van der Waals surface area (Å²) in [7, 11) is 0. The van der Waals surface area contributed by atoms with E-state index in [1.807, 2.05) is 0 Å². The van der Waals surface area contributed by atoms with Gasteiger partial charge in [-0.2, -0.15) is 0 Å². The van der Waals surface area contributed by atoms with Crippen LogP contribution in [-0.4, -0.2) is 48.8 Å². The molecule has 1 saturated heterocycles. The normalized spacial score (nSPS) is 37.5. The third-order valence-electron chi connectivity index (χ3n) is 4.55. The molecule has 1 heterocycles. The Balaban J connectivity index is 1.70. The summed E-state index contributed by atoms with van der Waals surface area (Å²) in [5.41, 5.74) is 0. The number of nitrogens with zero attached hydrogens (tertiary/aromatic N) is 1. The largest absolute Gasteiger partial charge is 0.378 e. The topological polar surface area (TPSA) is 24.5 Å². The van der Waals surface area contributed by atoms with Crippen molar-refractivity contribution in [3.63, 3.8) is 0 Å². The van der Waals surface area contributed by atoms with Crippen molar-refractivity contribution < 1.29 is 4.74 Å². The first-order valence-corrected chi connectivity index (χ1v) is 7.85. The van der Waals surface area contributed by atoms with E-state index >= 15 is 0 Å². The van der Waals surface area contributed by atoms with E-state index < -0.39 is 0 Å². The van der Waals surface area contributed by atoms with Crippen LogP contribution in [0.15, 0.2) is 0 Å². The van der Waals surface area contributed by atoms with Gasteiger partial charge in [-0.05, 0) is 52.5 Å². The number of nitrogens with one attached hydrogen (secondary N) is 1. The van der Waals surface area contributed by atoms with E-state index in [0.29, 0.717) is 6.10 Å². The van der Waals surface area contributed by atoms with Crippen molar-refractivity contribution >= 4 is 0 Å². The average Bonchev–Trinajstić information content (AvgIpc) is 2.32. The Hall–Kier alpha value is -0.120. The van der Waals surface area contributed by atoms with Crippen molar-refractivity contribution in [3.8, 4) is 0 Å². The molecule has 3 nitrogen and oxygen atoms in total. The maximum absolute atomic E-state index is 5.67. The fraction of sp³-hybridized carbons (Fsp3) is 1.00. The Morgan fingerprint density at radius 2 is 2.00 bits per heavy atom. The number of rotatable bonds is 6. The van der Waals surface area contributed by atoms with Crippen LogP contribution in [0.2, 0.25) is 0 Å². The Bertz CT molecular complexity index is 241. The molecular weight excluding hydrogens is 224 g/mol. The molecule has 106 valence electrons. The lowest BCUT2D eigenvalue weighted by Gasteiger charge is -2.48. The third kappa shape index (κ3) is 3.46. The predicted octanol–water partition coefficient (Wildman–Crippen LogP) is 2.41. The first-order chi connectivity index (χ1) is 8.74. The quantitative estimate of drug-likeness (QED) is 0.788. The molecule has 0 aromatic heterocycles. The van der Waals surface area contributed by atoms with Crippen LogP contribution in [-0.2, 0) is 4.74 Å². The summed E-state index contributed by atoms with van der Waals surface area (Å²) < 4.78 is 5.67. The third-order valence-corrected chi connectivity index (χ3v) is 4.55. The zero-order valence-electron chi connectivity index (χ0n) is 12.3. The van der Waals surface area contributed by atoms with Gasteiger partial charge in [-0.15, -0.1) is 0 Å². The van der Waals surface area contributed by atoms with Gasteiger partial charge in [0.25, 0.3) is 0 Å². The molecule has 2 unspecified atom stereocenters. The van der Waals surface area contributed by atoms with E-state index in [2.05, 4.69) is 31.0 Å². The van der Waals surface area contributed by atoms with Crippen LogP contribution in [0.4, 0.5) is 0 Å². The molecule has 1 N–H and O–H groups in total. The molecule has 1 saturated carbocycles. The van der Waals surface area contributed by atoms with Crippen molar-refractivity contribution in [3.05, 3.63) is 0 Å². The van der Waals surface area contributed by atoms with Gasteiger partial charge >= 0.3 is 0 Å². The molecule has 2 rings (SSSR count). The second kappa shape index (κ2) is 6.88. The zero-order valence-corrected chi connectivity index (χ0v) is 12.3. The maximum atomic E-state index is 5.67. The van der Waals surface area contributed by atoms with Crippen molar-refractivity contribution in [2.45, 2.75) is 77.1 Å². The van der Waals surface area contributed by atoms with Crippen LogP contribution in [0, 0.1) is 0 Å². The highest BCUT2D eigenvalue weighted by Gasteiger charge is 2.38. The van der Waals surface area contributed by atoms with Crippen LogP contribution >= 0.6 is 0 Å². The van der Waals surface area contributed by atoms with Gasteiger partial charge in [-0.1, -0.05) is 6.92 Å². The fourth-order valence-corrected chi connectivity index (χ4v) is 3.45. The summed E-state index contributed by atoms with van der Waals surface area (Å²) in [5, 5.41) is 3.67. The smallest absolute Gasteiger partial charge is 0.0604 e. The second-order valence-corrected chi connectivity index (χ2v) is 5.96. The van der Waals surface area contributed by atoms with E-state index in [1.54, 1.807) is 0 Å². The molecule has 0 spiro atoms. The first kappa shape index (κ1) is 14.3. The lowest BCUT2D eigenvalue weighted by molar-refractivity contribution is -0.0643. The molecule has 2 aliphatic rings. The maximum Gasteiger partial charge on any atom is 0.0604 e. The van der Waals surface area contributed by atoms with Gasteiger partial charge in [-0.3, -0.25) is 4.90 Å². The minimum atomic E-state index is 0.545. The van der Waals surface area contributed by atoms with Crippen LogP contribution in [0.3, 0.4) is 0 Å². The van der Waals surface area contributed by atoms with Crippen molar-refractivity contribution in [1.29, 1.82) is 0 Å². The van der Waals surface area contributed by atoms with E-state index in [4.69, 9.17) is 4.74 Å². The lowest BCUT2D eigenvalue weighted by Crippen LogP contribution is -2.56. The van der Waals surface area contributed by atoms with Gasteiger partial charge in [0.1, 0.15) is 0 Å². The zero-order chi connectivity index (χ0) is 13.0. The predicted molar refractivity (Wildman–Crippen MR) is 75.9 cm³/mol. The van der Waals surface area contributed by atoms with Crippen LogP contribution in [0.25, 0.3) is 0 Å². The Morgan fingerprint density at radius 3 is 2.61 bits per heavy atom. The standard InChI is InChI=1S/C15H30N2O/c1-4-7-16-13-6-8-17(12(3)9-13)14-10-15(11-14)18-5-2/h12-16H,4-11H2,1-3H3. The number of ether oxygens (including phenoxy) is 1. The van der Waals surface area contributed by atoms with Crippen LogP contribution in [0.5, 0.6) is 0 Å². The number of hydrogen-bond acceptors (Lipinski definition) is 3. The molecule has 3 heteroatoms. The molecule has 18 heavy (non-hydrogen) atoms. The summed E-state index contributed by atoms with van der Waals surface area (Å²) in [4.78, 5) is 2.72. The molecule has 0 bridgehead atoms. The molecule has 0 amide bonds. The fourth-order valence-electron chi connectivity index (χ4n) is 3.45. The van der Waals surface area contributed by atoms with Crippen molar-refractivity contribution in [1.82, 2.24) is 10.2 Å². The minimum Gasteiger partial charge on any atom is -0.378 e. The minimum absolute atomic E-state index is 0.545. The monoisotopic (exact) mass is 254 g/mol. The Kier molecular flexibility index (Phi) is 5.46. The lowest BCUT2D eigenvalue weighted by atomic mass is 9.84. The van der Waals surface area contributed by atoms with Crippen molar-refractivity contribution in [2.75, 3.05) is 19.7 Å². The highest BCUT2D eigenvalue weighted by atomic mass is 16.5. The first-order valence-electron chi connectivity index (χ1n) is 7.85. The molecule has 0 aromatic rings. The molecule has 0 radical (unpaired) electrons. The number of piperidine rings is 1. The summed E-state index contributed by atoms with van der Waals surface area (Å²) in [5.74, 6) is 0. The van der Waals surface area contributed by atoms with E-state index in [1.165, 1.54) is 45.2 Å². The van der Waals surface area contributed by atoms with Gasteiger partial charge in [0, 0.05) is 31.3 Å². The second-order valence-electron chi connectivity index (χ2n) is 5.96. The summed E-state index contributed by atoms with van der Waals surface area (Å²) in [6.45, 7) is 10.1. The number of hydrogen-bond donors (Lipinski definition) is 1. The summed E-state index contributed by atoms with van der Waals surface area (Å²) >= 11 is 0. The molecule has 0 aromatic carbocycles. The van der Waals surface area contributed by atoms with E-state index in [9.17, 15) is 0 Å². The number of likely N-dealkylation sites (tertiary alicyclic amines) is 1. The van der Waals surface area contributed by atoms with Gasteiger partial charge in [-0.25, -0.2) is 0 Å². The van der Waals surface area contributed by atoms with Crippen molar-refractivity contribution in [2.24, 2.45) is 0 Å². The van der Waals surface area contributed by atoms with Crippen LogP contribution < -0.4 is 5.32 Å². The molecule has 1 aliphatic carbocycles. The Morgan fingerprint density at radius 1 is 1.22 bits per heavy atom. The van der Waals surface area contributed by atoms with Gasteiger partial charge < -0.3 is 10.1 Å². The van der Waals surface area contributed by atoms with Gasteiger partial charge in [0.15, 0.2) is 0 Å². The molecule has 2 atom stereocenters. The molecular formula is C15H30N2O. The molecule has 2 fully saturated rings. The highest BCUT2D eigenvalue weighted by molar-refractivity contribution is 4.94. The van der Waals surface area contributed by atoms with E-state index in [-0.39, 0.29) is 0 Å². The summed E-state index contributed by atoms with van der Waals surface area (Å²) in [6.07, 6.45) is 6.93.